The summed E-state index contributed by atoms with van der Waals surface area (Å²) in [5, 5.41) is 0.511. The van der Waals surface area contributed by atoms with E-state index in [4.69, 9.17) is 32.5 Å². The highest BCUT2D eigenvalue weighted by atomic mass is 35.5. The fourth-order valence-electron chi connectivity index (χ4n) is 1.41. The summed E-state index contributed by atoms with van der Waals surface area (Å²) in [5.41, 5.74) is 10.8. The van der Waals surface area contributed by atoms with Crippen molar-refractivity contribution in [2.24, 2.45) is 0 Å². The Bertz CT molecular complexity index is 632. The van der Waals surface area contributed by atoms with E-state index in [-0.39, 0.29) is 30.9 Å². The molecule has 2 rings (SSSR count). The third-order valence-corrected chi connectivity index (χ3v) is 2.47. The molecule has 1 aromatic carbocycles. The number of rotatable bonds is 5. The predicted octanol–water partition coefficient (Wildman–Crippen LogP) is 0.812. The number of nitrogen functional groups attached to an aromatic ring is 2. The summed E-state index contributed by atoms with van der Waals surface area (Å²) < 4.78 is 10.2. The Hall–Kier alpha value is -2.61. The van der Waals surface area contributed by atoms with Gasteiger partial charge in [0.1, 0.15) is 5.75 Å². The van der Waals surface area contributed by atoms with Crippen LogP contribution in [0.4, 0.5) is 11.9 Å². The topological polar surface area (TPSA) is 126 Å². The fourth-order valence-corrected chi connectivity index (χ4v) is 1.59. The maximum Gasteiger partial charge on any atom is 0.344 e. The first-order chi connectivity index (χ1) is 10.0. The molecular formula is C12H12ClN5O3. The van der Waals surface area contributed by atoms with Gasteiger partial charge in [-0.05, 0) is 18.2 Å². The van der Waals surface area contributed by atoms with E-state index in [2.05, 4.69) is 15.0 Å². The van der Waals surface area contributed by atoms with E-state index in [1.165, 1.54) is 0 Å². The molecule has 0 amide bonds. The summed E-state index contributed by atoms with van der Waals surface area (Å²) in [6.45, 7) is -0.439. The van der Waals surface area contributed by atoms with E-state index in [0.29, 0.717) is 10.8 Å². The Labute approximate surface area is 125 Å². The van der Waals surface area contributed by atoms with Crippen LogP contribution in [0.2, 0.25) is 5.02 Å². The number of hydrogen-bond donors (Lipinski definition) is 2. The lowest BCUT2D eigenvalue weighted by atomic mass is 10.3. The summed E-state index contributed by atoms with van der Waals surface area (Å²) in [7, 11) is 0. The van der Waals surface area contributed by atoms with Gasteiger partial charge in [0.15, 0.2) is 19.0 Å². The first-order valence-corrected chi connectivity index (χ1v) is 6.20. The van der Waals surface area contributed by atoms with Crippen molar-refractivity contribution >= 4 is 29.5 Å². The standard InChI is InChI=1S/C12H12ClN5O3/c13-7-2-1-3-8(4-7)20-6-10(19)21-5-9-16-11(14)18-12(15)17-9/h1-4H,5-6H2,(H4,14,15,16,17,18). The molecule has 0 aliphatic heterocycles. The molecule has 0 fully saturated rings. The molecule has 0 spiro atoms. The van der Waals surface area contributed by atoms with Gasteiger partial charge >= 0.3 is 5.97 Å². The smallest absolute Gasteiger partial charge is 0.344 e. The SMILES string of the molecule is Nc1nc(N)nc(COC(=O)COc2cccc(Cl)c2)n1. The number of esters is 1. The molecule has 21 heavy (non-hydrogen) atoms. The molecule has 1 heterocycles. The van der Waals surface area contributed by atoms with Gasteiger partial charge in [0, 0.05) is 5.02 Å². The average molecular weight is 310 g/mol. The van der Waals surface area contributed by atoms with Crippen LogP contribution in [0.5, 0.6) is 5.75 Å². The van der Waals surface area contributed by atoms with Crippen molar-refractivity contribution in [2.75, 3.05) is 18.1 Å². The molecular weight excluding hydrogens is 298 g/mol. The quantitative estimate of drug-likeness (QED) is 0.777. The Kier molecular flexibility index (Phi) is 4.72. The van der Waals surface area contributed by atoms with Gasteiger partial charge in [0.25, 0.3) is 0 Å². The van der Waals surface area contributed by atoms with Crippen LogP contribution in [0.25, 0.3) is 0 Å². The molecule has 110 valence electrons. The number of aromatic nitrogens is 3. The molecule has 0 saturated carbocycles. The molecule has 2 aromatic rings. The van der Waals surface area contributed by atoms with Crippen molar-refractivity contribution in [1.29, 1.82) is 0 Å². The van der Waals surface area contributed by atoms with Crippen LogP contribution in [0, 0.1) is 0 Å². The Balaban J connectivity index is 1.82. The van der Waals surface area contributed by atoms with Crippen molar-refractivity contribution in [3.8, 4) is 5.75 Å². The summed E-state index contributed by atoms with van der Waals surface area (Å²) >= 11 is 5.79. The lowest BCUT2D eigenvalue weighted by Crippen LogP contribution is -2.16. The number of nitrogens with zero attached hydrogens (tertiary/aromatic N) is 3. The van der Waals surface area contributed by atoms with E-state index >= 15 is 0 Å². The largest absolute Gasteiger partial charge is 0.482 e. The molecule has 0 atom stereocenters. The minimum absolute atomic E-state index is 0.0382. The minimum atomic E-state index is -0.590. The summed E-state index contributed by atoms with van der Waals surface area (Å²) in [5.74, 6) is -0.0378. The second kappa shape index (κ2) is 6.71. The van der Waals surface area contributed by atoms with Gasteiger partial charge in [-0.2, -0.15) is 15.0 Å². The number of carbonyl (C=O) groups is 1. The van der Waals surface area contributed by atoms with Crippen LogP contribution in [-0.2, 0) is 16.1 Å². The molecule has 0 aliphatic rings. The summed E-state index contributed by atoms with van der Waals surface area (Å²) in [4.78, 5) is 22.7. The zero-order valence-corrected chi connectivity index (χ0v) is 11.6. The minimum Gasteiger partial charge on any atom is -0.482 e. The van der Waals surface area contributed by atoms with Crippen LogP contribution in [0.3, 0.4) is 0 Å². The molecule has 0 bridgehead atoms. The summed E-state index contributed by atoms with van der Waals surface area (Å²) in [6, 6.07) is 6.66. The third-order valence-electron chi connectivity index (χ3n) is 2.23. The van der Waals surface area contributed by atoms with Crippen molar-refractivity contribution in [1.82, 2.24) is 15.0 Å². The first kappa shape index (κ1) is 14.8. The lowest BCUT2D eigenvalue weighted by Gasteiger charge is -2.07. The molecule has 0 radical (unpaired) electrons. The number of halogens is 1. The molecule has 0 unspecified atom stereocenters. The third kappa shape index (κ3) is 4.77. The monoisotopic (exact) mass is 309 g/mol. The van der Waals surface area contributed by atoms with E-state index in [0.717, 1.165) is 0 Å². The number of nitrogens with two attached hydrogens (primary N) is 2. The Morgan fingerprint density at radius 3 is 2.57 bits per heavy atom. The van der Waals surface area contributed by atoms with Gasteiger partial charge < -0.3 is 20.9 Å². The van der Waals surface area contributed by atoms with Crippen LogP contribution < -0.4 is 16.2 Å². The van der Waals surface area contributed by atoms with Gasteiger partial charge in [0.05, 0.1) is 0 Å². The van der Waals surface area contributed by atoms with E-state index in [9.17, 15) is 4.79 Å². The zero-order chi connectivity index (χ0) is 15.2. The maximum absolute atomic E-state index is 11.5. The van der Waals surface area contributed by atoms with Gasteiger partial charge in [0.2, 0.25) is 11.9 Å². The Morgan fingerprint density at radius 1 is 1.19 bits per heavy atom. The number of anilines is 2. The van der Waals surface area contributed by atoms with Gasteiger partial charge in [-0.25, -0.2) is 4.79 Å². The normalized spacial score (nSPS) is 10.1. The number of hydrogen-bond acceptors (Lipinski definition) is 8. The number of ether oxygens (including phenoxy) is 2. The van der Waals surface area contributed by atoms with Crippen LogP contribution in [0.1, 0.15) is 5.82 Å². The van der Waals surface area contributed by atoms with Crippen molar-refractivity contribution in [2.45, 2.75) is 6.61 Å². The first-order valence-electron chi connectivity index (χ1n) is 5.83. The van der Waals surface area contributed by atoms with E-state index in [1.807, 2.05) is 0 Å². The molecule has 0 saturated heterocycles. The molecule has 0 aliphatic carbocycles. The Morgan fingerprint density at radius 2 is 1.90 bits per heavy atom. The van der Waals surface area contributed by atoms with Crippen molar-refractivity contribution < 1.29 is 14.3 Å². The van der Waals surface area contributed by atoms with Gasteiger partial charge in [-0.15, -0.1) is 0 Å². The van der Waals surface area contributed by atoms with Crippen LogP contribution in [0.15, 0.2) is 24.3 Å². The second-order valence-corrected chi connectivity index (χ2v) is 4.31. The molecule has 8 nitrogen and oxygen atoms in total. The number of benzene rings is 1. The highest BCUT2D eigenvalue weighted by molar-refractivity contribution is 6.30. The zero-order valence-electron chi connectivity index (χ0n) is 10.8. The average Bonchev–Trinajstić information content (AvgIpc) is 2.42. The molecule has 4 N–H and O–H groups in total. The maximum atomic E-state index is 11.5. The van der Waals surface area contributed by atoms with E-state index < -0.39 is 5.97 Å². The highest BCUT2D eigenvalue weighted by Gasteiger charge is 2.08. The van der Waals surface area contributed by atoms with Crippen LogP contribution in [-0.4, -0.2) is 27.5 Å². The summed E-state index contributed by atoms with van der Waals surface area (Å²) in [6.07, 6.45) is 0. The predicted molar refractivity (Wildman–Crippen MR) is 75.4 cm³/mol. The molecule has 1 aromatic heterocycles. The number of carbonyl (C=O) groups excluding carboxylic acids is 1. The highest BCUT2D eigenvalue weighted by Crippen LogP contribution is 2.16. The van der Waals surface area contributed by atoms with E-state index in [1.54, 1.807) is 24.3 Å². The fraction of sp³-hybridized carbons (Fsp3) is 0.167. The van der Waals surface area contributed by atoms with Crippen molar-refractivity contribution in [3.05, 3.63) is 35.1 Å². The van der Waals surface area contributed by atoms with Gasteiger partial charge in [-0.1, -0.05) is 17.7 Å². The molecule has 9 heteroatoms. The van der Waals surface area contributed by atoms with Crippen LogP contribution >= 0.6 is 11.6 Å². The second-order valence-electron chi connectivity index (χ2n) is 3.87. The lowest BCUT2D eigenvalue weighted by molar-refractivity contribution is -0.147. The van der Waals surface area contributed by atoms with Gasteiger partial charge in [-0.3, -0.25) is 0 Å². The van der Waals surface area contributed by atoms with Crippen molar-refractivity contribution in [3.63, 3.8) is 0 Å².